The Balaban J connectivity index is 1.69. The van der Waals surface area contributed by atoms with Crippen molar-refractivity contribution in [2.75, 3.05) is 13.1 Å². The summed E-state index contributed by atoms with van der Waals surface area (Å²) in [4.78, 5) is 18.3. The van der Waals surface area contributed by atoms with Crippen molar-refractivity contribution < 1.29 is 13.6 Å². The van der Waals surface area contributed by atoms with E-state index in [1.54, 1.807) is 12.1 Å². The molecular formula is C17H13ClF2N2OS. The minimum absolute atomic E-state index is 0.107. The number of carbonyl (C=O) groups is 1. The van der Waals surface area contributed by atoms with Crippen LogP contribution in [0.1, 0.15) is 15.9 Å². The van der Waals surface area contributed by atoms with E-state index in [2.05, 4.69) is 4.99 Å². The molecule has 0 radical (unpaired) electrons. The van der Waals surface area contributed by atoms with Gasteiger partial charge in [-0.2, -0.15) is 0 Å². The SMILES string of the molecule is O=C(c1ccc(F)c(F)c1)N1CCN=C1SCc1ccc(Cl)cc1. The Kier molecular flexibility index (Phi) is 5.16. The molecule has 0 fully saturated rings. The molecule has 2 aromatic rings. The van der Waals surface area contributed by atoms with Gasteiger partial charge < -0.3 is 0 Å². The number of amidine groups is 1. The third-order valence-electron chi connectivity index (χ3n) is 3.49. The second kappa shape index (κ2) is 7.32. The van der Waals surface area contributed by atoms with E-state index < -0.39 is 11.6 Å². The molecule has 0 bridgehead atoms. The minimum Gasteiger partial charge on any atom is -0.286 e. The molecule has 124 valence electrons. The predicted molar refractivity (Wildman–Crippen MR) is 92.4 cm³/mol. The maximum absolute atomic E-state index is 13.3. The van der Waals surface area contributed by atoms with Crippen LogP contribution in [-0.2, 0) is 5.75 Å². The summed E-state index contributed by atoms with van der Waals surface area (Å²) in [7, 11) is 0. The van der Waals surface area contributed by atoms with Crippen molar-refractivity contribution in [2.24, 2.45) is 4.99 Å². The molecule has 0 saturated heterocycles. The van der Waals surface area contributed by atoms with E-state index in [0.717, 1.165) is 17.7 Å². The Morgan fingerprint density at radius 2 is 1.92 bits per heavy atom. The molecule has 3 nitrogen and oxygen atoms in total. The highest BCUT2D eigenvalue weighted by Crippen LogP contribution is 2.22. The van der Waals surface area contributed by atoms with Crippen molar-refractivity contribution in [3.63, 3.8) is 0 Å². The highest BCUT2D eigenvalue weighted by Gasteiger charge is 2.25. The number of hydrogen-bond donors (Lipinski definition) is 0. The van der Waals surface area contributed by atoms with Gasteiger partial charge in [-0.1, -0.05) is 35.5 Å². The lowest BCUT2D eigenvalue weighted by atomic mass is 10.2. The molecular weight excluding hydrogens is 354 g/mol. The van der Waals surface area contributed by atoms with Crippen LogP contribution in [0.3, 0.4) is 0 Å². The lowest BCUT2D eigenvalue weighted by Crippen LogP contribution is -2.33. The summed E-state index contributed by atoms with van der Waals surface area (Å²) in [5.41, 5.74) is 1.16. The van der Waals surface area contributed by atoms with Gasteiger partial charge >= 0.3 is 0 Å². The standard InChI is InChI=1S/C17H13ClF2N2OS/c18-13-4-1-11(2-5-13)10-24-17-21-7-8-22(17)16(23)12-3-6-14(19)15(20)9-12/h1-6,9H,7-8,10H2. The first-order valence-electron chi connectivity index (χ1n) is 7.23. The van der Waals surface area contributed by atoms with Gasteiger partial charge in [0.25, 0.3) is 5.91 Å². The number of hydrogen-bond acceptors (Lipinski definition) is 3. The average Bonchev–Trinajstić information content (AvgIpc) is 3.05. The highest BCUT2D eigenvalue weighted by molar-refractivity contribution is 8.13. The van der Waals surface area contributed by atoms with Crippen LogP contribution in [-0.4, -0.2) is 29.1 Å². The first-order valence-corrected chi connectivity index (χ1v) is 8.59. The van der Waals surface area contributed by atoms with Crippen molar-refractivity contribution in [1.29, 1.82) is 0 Å². The van der Waals surface area contributed by atoms with Gasteiger partial charge in [-0.3, -0.25) is 14.7 Å². The summed E-state index contributed by atoms with van der Waals surface area (Å²) in [6, 6.07) is 10.6. The summed E-state index contributed by atoms with van der Waals surface area (Å²) in [6.45, 7) is 0.930. The fraction of sp³-hybridized carbons (Fsp3) is 0.176. The van der Waals surface area contributed by atoms with Crippen LogP contribution in [0.15, 0.2) is 47.5 Å². The van der Waals surface area contributed by atoms with Crippen molar-refractivity contribution in [3.8, 4) is 0 Å². The monoisotopic (exact) mass is 366 g/mol. The molecule has 2 aromatic carbocycles. The Bertz CT molecular complexity index is 796. The summed E-state index contributed by atoms with van der Waals surface area (Å²) in [6.07, 6.45) is 0. The molecule has 1 aliphatic heterocycles. The quantitative estimate of drug-likeness (QED) is 0.808. The fourth-order valence-electron chi connectivity index (χ4n) is 2.25. The van der Waals surface area contributed by atoms with E-state index >= 15 is 0 Å². The third kappa shape index (κ3) is 3.76. The van der Waals surface area contributed by atoms with Gasteiger partial charge in [0, 0.05) is 22.9 Å². The van der Waals surface area contributed by atoms with E-state index in [4.69, 9.17) is 11.6 Å². The van der Waals surface area contributed by atoms with Crippen LogP contribution in [0.2, 0.25) is 5.02 Å². The van der Waals surface area contributed by atoms with Crippen molar-refractivity contribution in [3.05, 3.63) is 70.2 Å². The lowest BCUT2D eigenvalue weighted by molar-refractivity contribution is 0.0860. The van der Waals surface area contributed by atoms with E-state index in [-0.39, 0.29) is 11.5 Å². The van der Waals surface area contributed by atoms with E-state index in [0.29, 0.717) is 29.0 Å². The molecule has 0 aromatic heterocycles. The van der Waals surface area contributed by atoms with Gasteiger partial charge in [0.05, 0.1) is 6.54 Å². The zero-order valence-electron chi connectivity index (χ0n) is 12.5. The van der Waals surface area contributed by atoms with Gasteiger partial charge in [0.1, 0.15) is 0 Å². The Hall–Kier alpha value is -1.92. The normalized spacial score (nSPS) is 14.0. The highest BCUT2D eigenvalue weighted by atomic mass is 35.5. The second-order valence-corrected chi connectivity index (χ2v) is 6.54. The largest absolute Gasteiger partial charge is 0.286 e. The number of nitrogens with zero attached hydrogens (tertiary/aromatic N) is 2. The smallest absolute Gasteiger partial charge is 0.259 e. The number of carbonyl (C=O) groups excluding carboxylic acids is 1. The lowest BCUT2D eigenvalue weighted by Gasteiger charge is -2.18. The van der Waals surface area contributed by atoms with Crippen molar-refractivity contribution in [1.82, 2.24) is 4.90 Å². The number of aliphatic imine (C=N–C) groups is 1. The Morgan fingerprint density at radius 3 is 2.62 bits per heavy atom. The van der Waals surface area contributed by atoms with E-state index in [9.17, 15) is 13.6 Å². The Morgan fingerprint density at radius 1 is 1.17 bits per heavy atom. The first kappa shape index (κ1) is 16.9. The molecule has 1 amide bonds. The zero-order chi connectivity index (χ0) is 17.1. The number of amides is 1. The van der Waals surface area contributed by atoms with Gasteiger partial charge in [0.2, 0.25) is 0 Å². The number of halogens is 3. The number of benzene rings is 2. The zero-order valence-corrected chi connectivity index (χ0v) is 14.1. The van der Waals surface area contributed by atoms with Crippen LogP contribution in [0.25, 0.3) is 0 Å². The van der Waals surface area contributed by atoms with E-state index in [1.807, 2.05) is 12.1 Å². The molecule has 7 heteroatoms. The predicted octanol–water partition coefficient (Wildman–Crippen LogP) is 4.36. The summed E-state index contributed by atoms with van der Waals surface area (Å²) in [5.74, 6) is -1.75. The summed E-state index contributed by atoms with van der Waals surface area (Å²) in [5, 5.41) is 1.25. The average molecular weight is 367 g/mol. The molecule has 24 heavy (non-hydrogen) atoms. The number of thioether (sulfide) groups is 1. The molecule has 1 aliphatic rings. The molecule has 0 N–H and O–H groups in total. The molecule has 1 heterocycles. The maximum atomic E-state index is 13.3. The Labute approximate surface area is 147 Å². The van der Waals surface area contributed by atoms with Crippen LogP contribution >= 0.6 is 23.4 Å². The fourth-order valence-corrected chi connectivity index (χ4v) is 3.38. The topological polar surface area (TPSA) is 32.7 Å². The molecule has 3 rings (SSSR count). The second-order valence-electron chi connectivity index (χ2n) is 5.17. The van der Waals surface area contributed by atoms with Crippen molar-refractivity contribution >= 4 is 34.4 Å². The number of rotatable bonds is 3. The third-order valence-corrected chi connectivity index (χ3v) is 4.83. The molecule has 0 spiro atoms. The molecule has 0 atom stereocenters. The van der Waals surface area contributed by atoms with Crippen molar-refractivity contribution in [2.45, 2.75) is 5.75 Å². The maximum Gasteiger partial charge on any atom is 0.259 e. The van der Waals surface area contributed by atoms with Gasteiger partial charge in [0.15, 0.2) is 16.8 Å². The van der Waals surface area contributed by atoms with E-state index in [1.165, 1.54) is 22.7 Å². The van der Waals surface area contributed by atoms with Gasteiger partial charge in [-0.05, 0) is 35.9 Å². The molecule has 0 aliphatic carbocycles. The van der Waals surface area contributed by atoms with Crippen LogP contribution in [0, 0.1) is 11.6 Å². The summed E-state index contributed by atoms with van der Waals surface area (Å²) < 4.78 is 26.3. The molecule has 0 saturated carbocycles. The van der Waals surface area contributed by atoms with Gasteiger partial charge in [-0.15, -0.1) is 0 Å². The van der Waals surface area contributed by atoms with Crippen LogP contribution in [0.4, 0.5) is 8.78 Å². The van der Waals surface area contributed by atoms with Crippen LogP contribution < -0.4 is 0 Å². The minimum atomic E-state index is -1.03. The molecule has 0 unspecified atom stereocenters. The summed E-state index contributed by atoms with van der Waals surface area (Å²) >= 11 is 7.28. The van der Waals surface area contributed by atoms with Crippen LogP contribution in [0.5, 0.6) is 0 Å². The van der Waals surface area contributed by atoms with Gasteiger partial charge in [-0.25, -0.2) is 8.78 Å². The first-order chi connectivity index (χ1) is 11.5.